The molecule has 0 aliphatic heterocycles. The second-order valence-electron chi connectivity index (χ2n) is 5.31. The van der Waals surface area contributed by atoms with Crippen molar-refractivity contribution in [2.24, 2.45) is 0 Å². The Morgan fingerprint density at radius 3 is 2.50 bits per heavy atom. The lowest BCUT2D eigenvalue weighted by Gasteiger charge is -2.20. The van der Waals surface area contributed by atoms with Gasteiger partial charge in [-0.2, -0.15) is 0 Å². The van der Waals surface area contributed by atoms with Gasteiger partial charge < -0.3 is 4.74 Å². The maximum atomic E-state index is 11.7. The topological polar surface area (TPSA) is 55.4 Å². The van der Waals surface area contributed by atoms with Gasteiger partial charge in [0.1, 0.15) is 5.60 Å². The Hall–Kier alpha value is -1.62. The van der Waals surface area contributed by atoms with Crippen molar-refractivity contribution in [2.75, 3.05) is 5.32 Å². The molecular weight excluding hydrogens is 322 g/mol. The van der Waals surface area contributed by atoms with Crippen LogP contribution in [-0.4, -0.2) is 17.5 Å². The highest BCUT2D eigenvalue weighted by Gasteiger charge is 2.16. The second kappa shape index (κ2) is 6.70. The molecule has 5 heteroatoms. The van der Waals surface area contributed by atoms with Crippen LogP contribution in [0.3, 0.4) is 0 Å². The Bertz CT molecular complexity index is 545. The van der Waals surface area contributed by atoms with E-state index in [0.29, 0.717) is 5.69 Å². The number of carbonyl (C=O) groups excluding carboxylic acids is 2. The molecule has 0 unspecified atom stereocenters. The summed E-state index contributed by atoms with van der Waals surface area (Å²) in [6, 6.07) is 5.39. The van der Waals surface area contributed by atoms with Crippen LogP contribution < -0.4 is 5.32 Å². The fourth-order valence-electron chi connectivity index (χ4n) is 1.37. The lowest BCUT2D eigenvalue weighted by molar-refractivity contribution is -0.112. The fourth-order valence-corrected chi connectivity index (χ4v) is 1.72. The molecule has 0 spiro atoms. The van der Waals surface area contributed by atoms with E-state index in [2.05, 4.69) is 21.2 Å². The van der Waals surface area contributed by atoms with E-state index in [1.54, 1.807) is 39.0 Å². The molecule has 1 aromatic carbocycles. The first-order valence-corrected chi connectivity index (χ1v) is 6.95. The van der Waals surface area contributed by atoms with Crippen LogP contribution >= 0.6 is 15.9 Å². The predicted octanol–water partition coefficient (Wildman–Crippen LogP) is 4.40. The van der Waals surface area contributed by atoms with Gasteiger partial charge in [-0.25, -0.2) is 4.79 Å². The molecule has 0 atom stereocenters. The van der Waals surface area contributed by atoms with Gasteiger partial charge in [-0.05, 0) is 67.4 Å². The van der Waals surface area contributed by atoms with Crippen molar-refractivity contribution in [1.82, 2.24) is 0 Å². The van der Waals surface area contributed by atoms with Crippen LogP contribution in [0.4, 0.5) is 10.5 Å². The summed E-state index contributed by atoms with van der Waals surface area (Å²) in [6.07, 6.45) is 2.64. The largest absolute Gasteiger partial charge is 0.444 e. The number of benzene rings is 1. The number of halogens is 1. The van der Waals surface area contributed by atoms with Crippen LogP contribution in [0.25, 0.3) is 6.08 Å². The number of ether oxygens (including phenoxy) is 1. The van der Waals surface area contributed by atoms with Gasteiger partial charge in [0.25, 0.3) is 0 Å². The van der Waals surface area contributed by atoms with E-state index in [9.17, 15) is 9.59 Å². The molecule has 0 radical (unpaired) electrons. The zero-order valence-corrected chi connectivity index (χ0v) is 13.6. The molecule has 0 bridgehead atoms. The number of hydrogen-bond acceptors (Lipinski definition) is 3. The van der Waals surface area contributed by atoms with Gasteiger partial charge in [-0.3, -0.25) is 10.1 Å². The van der Waals surface area contributed by atoms with E-state index in [-0.39, 0.29) is 5.78 Å². The van der Waals surface area contributed by atoms with Gasteiger partial charge in [-0.1, -0.05) is 12.1 Å². The zero-order chi connectivity index (χ0) is 15.3. The van der Waals surface area contributed by atoms with Crippen molar-refractivity contribution in [3.63, 3.8) is 0 Å². The highest BCUT2D eigenvalue weighted by atomic mass is 79.9. The van der Waals surface area contributed by atoms with Crippen molar-refractivity contribution >= 4 is 39.6 Å². The molecule has 1 rings (SSSR count). The van der Waals surface area contributed by atoms with Crippen molar-refractivity contribution in [2.45, 2.75) is 33.3 Å². The van der Waals surface area contributed by atoms with E-state index >= 15 is 0 Å². The Kier molecular flexibility index (Phi) is 5.51. The molecule has 20 heavy (non-hydrogen) atoms. The molecule has 0 fully saturated rings. The lowest BCUT2D eigenvalue weighted by Crippen LogP contribution is -2.27. The van der Waals surface area contributed by atoms with Crippen LogP contribution in [0, 0.1) is 0 Å². The Morgan fingerprint density at radius 1 is 1.30 bits per heavy atom. The molecule has 108 valence electrons. The average molecular weight is 340 g/mol. The van der Waals surface area contributed by atoms with Crippen molar-refractivity contribution in [3.8, 4) is 0 Å². The minimum absolute atomic E-state index is 0.0328. The third-order valence-electron chi connectivity index (χ3n) is 2.14. The summed E-state index contributed by atoms with van der Waals surface area (Å²) in [5, 5.41) is 2.67. The van der Waals surface area contributed by atoms with Gasteiger partial charge in [-0.15, -0.1) is 0 Å². The second-order valence-corrected chi connectivity index (χ2v) is 6.16. The van der Waals surface area contributed by atoms with Crippen molar-refractivity contribution in [1.29, 1.82) is 0 Å². The first kappa shape index (κ1) is 16.4. The van der Waals surface area contributed by atoms with Gasteiger partial charge in [0.2, 0.25) is 0 Å². The molecule has 0 aromatic heterocycles. The summed E-state index contributed by atoms with van der Waals surface area (Å²) in [6.45, 7) is 6.88. The van der Waals surface area contributed by atoms with E-state index in [1.165, 1.54) is 13.0 Å². The zero-order valence-electron chi connectivity index (χ0n) is 12.0. The number of anilines is 1. The number of amides is 1. The number of hydrogen-bond donors (Lipinski definition) is 1. The first-order chi connectivity index (χ1) is 9.17. The Balaban J connectivity index is 2.87. The summed E-state index contributed by atoms with van der Waals surface area (Å²) in [5.41, 5.74) is 0.849. The first-order valence-electron chi connectivity index (χ1n) is 6.15. The molecule has 1 aromatic rings. The standard InChI is InChI=1S/C15H18BrNO3/c1-10(18)5-6-11-7-8-12(16)13(9-11)17-14(19)20-15(2,3)4/h5-9H,1-4H3,(H,17,19)/b6-5+. The maximum Gasteiger partial charge on any atom is 0.412 e. The number of ketones is 1. The number of allylic oxidation sites excluding steroid dienone is 1. The van der Waals surface area contributed by atoms with Crippen molar-refractivity contribution in [3.05, 3.63) is 34.3 Å². The minimum atomic E-state index is -0.553. The highest BCUT2D eigenvalue weighted by molar-refractivity contribution is 9.10. The van der Waals surface area contributed by atoms with Crippen LogP contribution in [0.5, 0.6) is 0 Å². The molecule has 0 saturated heterocycles. The fraction of sp³-hybridized carbons (Fsp3) is 0.333. The van der Waals surface area contributed by atoms with Crippen LogP contribution in [0.15, 0.2) is 28.7 Å². The average Bonchev–Trinajstić information content (AvgIpc) is 2.27. The molecule has 0 saturated carbocycles. The van der Waals surface area contributed by atoms with E-state index in [4.69, 9.17) is 4.74 Å². The third kappa shape index (κ3) is 6.02. The lowest BCUT2D eigenvalue weighted by atomic mass is 10.1. The summed E-state index contributed by atoms with van der Waals surface area (Å²) < 4.78 is 5.93. The molecule has 1 N–H and O–H groups in total. The molecule has 1 amide bonds. The summed E-state index contributed by atoms with van der Waals surface area (Å²) >= 11 is 3.36. The van der Waals surface area contributed by atoms with E-state index < -0.39 is 11.7 Å². The van der Waals surface area contributed by atoms with Gasteiger partial charge in [0.15, 0.2) is 5.78 Å². The summed E-state index contributed by atoms with van der Waals surface area (Å²) in [4.78, 5) is 22.6. The van der Waals surface area contributed by atoms with Crippen LogP contribution in [-0.2, 0) is 9.53 Å². The normalized spacial score (nSPS) is 11.4. The smallest absolute Gasteiger partial charge is 0.412 e. The van der Waals surface area contributed by atoms with Crippen LogP contribution in [0.2, 0.25) is 0 Å². The maximum absolute atomic E-state index is 11.7. The number of nitrogens with one attached hydrogen (secondary N) is 1. The quantitative estimate of drug-likeness (QED) is 0.830. The van der Waals surface area contributed by atoms with Crippen molar-refractivity contribution < 1.29 is 14.3 Å². The number of carbonyl (C=O) groups is 2. The predicted molar refractivity (Wildman–Crippen MR) is 83.7 cm³/mol. The SMILES string of the molecule is CC(=O)/C=C/c1ccc(Br)c(NC(=O)OC(C)(C)C)c1. The number of rotatable bonds is 3. The summed E-state index contributed by atoms with van der Waals surface area (Å²) in [5.74, 6) is -0.0328. The van der Waals surface area contributed by atoms with Gasteiger partial charge in [0.05, 0.1) is 5.69 Å². The molecular formula is C15H18BrNO3. The molecule has 0 aliphatic carbocycles. The molecule has 0 aliphatic rings. The van der Waals surface area contributed by atoms with Gasteiger partial charge in [0, 0.05) is 4.47 Å². The summed E-state index contributed by atoms with van der Waals surface area (Å²) in [7, 11) is 0. The molecule has 0 heterocycles. The van der Waals surface area contributed by atoms with Crippen LogP contribution in [0.1, 0.15) is 33.3 Å². The Labute approximate surface area is 127 Å². The highest BCUT2D eigenvalue weighted by Crippen LogP contribution is 2.25. The van der Waals surface area contributed by atoms with E-state index in [1.807, 2.05) is 6.07 Å². The third-order valence-corrected chi connectivity index (χ3v) is 2.83. The monoisotopic (exact) mass is 339 g/mol. The Morgan fingerprint density at radius 2 is 1.95 bits per heavy atom. The van der Waals surface area contributed by atoms with Gasteiger partial charge >= 0.3 is 6.09 Å². The van der Waals surface area contributed by atoms with E-state index in [0.717, 1.165) is 10.0 Å². The molecule has 4 nitrogen and oxygen atoms in total. The minimum Gasteiger partial charge on any atom is -0.444 e.